The first-order chi connectivity index (χ1) is 8.74. The largest absolute Gasteiger partial charge is 0.472 e. The quantitative estimate of drug-likeness (QED) is 0.873. The molecular formula is C13H13ClN2O2. The summed E-state index contributed by atoms with van der Waals surface area (Å²) in [5.74, 6) is -0.110. The summed E-state index contributed by atoms with van der Waals surface area (Å²) in [7, 11) is 0. The Hall–Kier alpha value is -1.78. The van der Waals surface area contributed by atoms with Crippen LogP contribution in [0, 0.1) is 0 Å². The highest BCUT2D eigenvalue weighted by molar-refractivity contribution is 6.30. The van der Waals surface area contributed by atoms with Gasteiger partial charge in [-0.2, -0.15) is 0 Å². The molecule has 1 aromatic heterocycles. The Morgan fingerprint density at radius 3 is 2.94 bits per heavy atom. The molecule has 2 N–H and O–H groups in total. The predicted molar refractivity (Wildman–Crippen MR) is 70.5 cm³/mol. The molecule has 0 saturated heterocycles. The highest BCUT2D eigenvalue weighted by Crippen LogP contribution is 2.14. The maximum absolute atomic E-state index is 11.6. The second-order valence-electron chi connectivity index (χ2n) is 3.79. The molecular weight excluding hydrogens is 252 g/mol. The molecule has 0 aliphatic heterocycles. The van der Waals surface area contributed by atoms with E-state index in [1.54, 1.807) is 36.8 Å². The van der Waals surface area contributed by atoms with Gasteiger partial charge in [-0.05, 0) is 24.3 Å². The normalized spacial score (nSPS) is 10.3. The van der Waals surface area contributed by atoms with Crippen LogP contribution >= 0.6 is 11.6 Å². The Morgan fingerprint density at radius 2 is 2.22 bits per heavy atom. The first-order valence-electron chi connectivity index (χ1n) is 5.51. The molecule has 5 heteroatoms. The molecule has 94 valence electrons. The lowest BCUT2D eigenvalue weighted by Crippen LogP contribution is -2.27. The molecule has 0 saturated carbocycles. The monoisotopic (exact) mass is 264 g/mol. The summed E-state index contributed by atoms with van der Waals surface area (Å²) in [6.45, 7) is 0.831. The lowest BCUT2D eigenvalue weighted by atomic mass is 10.3. The van der Waals surface area contributed by atoms with E-state index >= 15 is 0 Å². The van der Waals surface area contributed by atoms with Gasteiger partial charge < -0.3 is 15.1 Å². The van der Waals surface area contributed by atoms with Crippen molar-refractivity contribution in [3.63, 3.8) is 0 Å². The number of anilines is 1. The SMILES string of the molecule is O=C(CNCc1ccoc1)Nc1cccc(Cl)c1. The van der Waals surface area contributed by atoms with Gasteiger partial charge in [0.25, 0.3) is 0 Å². The van der Waals surface area contributed by atoms with Crippen molar-refractivity contribution in [3.8, 4) is 0 Å². The number of benzene rings is 1. The fraction of sp³-hybridized carbons (Fsp3) is 0.154. The van der Waals surface area contributed by atoms with E-state index in [-0.39, 0.29) is 12.5 Å². The first-order valence-corrected chi connectivity index (χ1v) is 5.89. The average molecular weight is 265 g/mol. The molecule has 1 aromatic carbocycles. The van der Waals surface area contributed by atoms with Crippen molar-refractivity contribution in [2.45, 2.75) is 6.54 Å². The fourth-order valence-electron chi connectivity index (χ4n) is 1.49. The molecule has 2 aromatic rings. The predicted octanol–water partition coefficient (Wildman–Crippen LogP) is 2.66. The number of carbonyl (C=O) groups excluding carboxylic acids is 1. The highest BCUT2D eigenvalue weighted by Gasteiger charge is 2.02. The van der Waals surface area contributed by atoms with E-state index in [0.717, 1.165) is 5.56 Å². The number of rotatable bonds is 5. The van der Waals surface area contributed by atoms with Gasteiger partial charge in [0.15, 0.2) is 0 Å². The van der Waals surface area contributed by atoms with Gasteiger partial charge in [0, 0.05) is 22.8 Å². The molecule has 0 fully saturated rings. The van der Waals surface area contributed by atoms with E-state index in [4.69, 9.17) is 16.0 Å². The minimum absolute atomic E-state index is 0.110. The molecule has 1 amide bonds. The van der Waals surface area contributed by atoms with Crippen LogP contribution in [0.1, 0.15) is 5.56 Å². The molecule has 0 radical (unpaired) electrons. The van der Waals surface area contributed by atoms with Crippen LogP contribution in [0.3, 0.4) is 0 Å². The summed E-state index contributed by atoms with van der Waals surface area (Å²) in [5, 5.41) is 6.37. The van der Waals surface area contributed by atoms with Crippen molar-refractivity contribution < 1.29 is 9.21 Å². The summed E-state index contributed by atoms with van der Waals surface area (Å²) >= 11 is 5.82. The molecule has 0 aliphatic carbocycles. The summed E-state index contributed by atoms with van der Waals surface area (Å²) < 4.78 is 4.93. The molecule has 1 heterocycles. The summed E-state index contributed by atoms with van der Waals surface area (Å²) in [6.07, 6.45) is 3.24. The molecule has 18 heavy (non-hydrogen) atoms. The van der Waals surface area contributed by atoms with Crippen LogP contribution in [0.25, 0.3) is 0 Å². The van der Waals surface area contributed by atoms with Gasteiger partial charge in [-0.3, -0.25) is 4.79 Å². The Bertz CT molecular complexity index is 511. The number of amides is 1. The second kappa shape index (κ2) is 6.23. The Balaban J connectivity index is 1.75. The summed E-state index contributed by atoms with van der Waals surface area (Å²) in [5.41, 5.74) is 1.70. The molecule has 2 rings (SSSR count). The van der Waals surface area contributed by atoms with Gasteiger partial charge in [0.05, 0.1) is 19.1 Å². The van der Waals surface area contributed by atoms with E-state index < -0.39 is 0 Å². The van der Waals surface area contributed by atoms with Crippen molar-refractivity contribution >= 4 is 23.2 Å². The molecule has 0 aliphatic rings. The Morgan fingerprint density at radius 1 is 1.33 bits per heavy atom. The maximum atomic E-state index is 11.6. The van der Waals surface area contributed by atoms with Gasteiger partial charge in [0.2, 0.25) is 5.91 Å². The van der Waals surface area contributed by atoms with Crippen LogP contribution in [-0.2, 0) is 11.3 Å². The third-order valence-corrected chi connectivity index (χ3v) is 2.54. The minimum Gasteiger partial charge on any atom is -0.472 e. The number of nitrogens with one attached hydrogen (secondary N) is 2. The van der Waals surface area contributed by atoms with Crippen LogP contribution < -0.4 is 10.6 Å². The average Bonchev–Trinajstić information content (AvgIpc) is 2.82. The van der Waals surface area contributed by atoms with Crippen LogP contribution in [0.15, 0.2) is 47.3 Å². The Labute approximate surface area is 110 Å². The van der Waals surface area contributed by atoms with Crippen molar-refractivity contribution in [1.29, 1.82) is 0 Å². The highest BCUT2D eigenvalue weighted by atomic mass is 35.5. The number of hydrogen-bond acceptors (Lipinski definition) is 3. The third-order valence-electron chi connectivity index (χ3n) is 2.30. The molecule has 0 atom stereocenters. The van der Waals surface area contributed by atoms with E-state index in [1.165, 1.54) is 0 Å². The maximum Gasteiger partial charge on any atom is 0.238 e. The minimum atomic E-state index is -0.110. The van der Waals surface area contributed by atoms with Crippen LogP contribution in [0.4, 0.5) is 5.69 Å². The van der Waals surface area contributed by atoms with Gasteiger partial charge in [-0.1, -0.05) is 17.7 Å². The topological polar surface area (TPSA) is 54.3 Å². The standard InChI is InChI=1S/C13H13ClN2O2/c14-11-2-1-3-12(6-11)16-13(17)8-15-7-10-4-5-18-9-10/h1-6,9,15H,7-8H2,(H,16,17). The third kappa shape index (κ3) is 3.91. The van der Waals surface area contributed by atoms with Crippen molar-refractivity contribution in [2.24, 2.45) is 0 Å². The zero-order valence-electron chi connectivity index (χ0n) is 9.65. The van der Waals surface area contributed by atoms with E-state index in [0.29, 0.717) is 17.3 Å². The van der Waals surface area contributed by atoms with Gasteiger partial charge >= 0.3 is 0 Å². The second-order valence-corrected chi connectivity index (χ2v) is 4.23. The van der Waals surface area contributed by atoms with Crippen molar-refractivity contribution in [1.82, 2.24) is 5.32 Å². The van der Waals surface area contributed by atoms with Crippen LogP contribution in [0.5, 0.6) is 0 Å². The Kier molecular flexibility index (Phi) is 4.39. The molecule has 0 bridgehead atoms. The zero-order chi connectivity index (χ0) is 12.8. The molecule has 0 unspecified atom stereocenters. The summed E-state index contributed by atoms with van der Waals surface area (Å²) in [6, 6.07) is 8.89. The zero-order valence-corrected chi connectivity index (χ0v) is 10.4. The molecule has 0 spiro atoms. The van der Waals surface area contributed by atoms with Crippen molar-refractivity contribution in [2.75, 3.05) is 11.9 Å². The van der Waals surface area contributed by atoms with E-state index in [9.17, 15) is 4.79 Å². The van der Waals surface area contributed by atoms with Crippen LogP contribution in [-0.4, -0.2) is 12.5 Å². The number of halogens is 1. The lowest BCUT2D eigenvalue weighted by Gasteiger charge is -2.06. The first kappa shape index (κ1) is 12.7. The number of hydrogen-bond donors (Lipinski definition) is 2. The van der Waals surface area contributed by atoms with Crippen molar-refractivity contribution in [3.05, 3.63) is 53.4 Å². The van der Waals surface area contributed by atoms with Crippen LogP contribution in [0.2, 0.25) is 5.02 Å². The van der Waals surface area contributed by atoms with E-state index in [2.05, 4.69) is 10.6 Å². The van der Waals surface area contributed by atoms with Gasteiger partial charge in [-0.25, -0.2) is 0 Å². The van der Waals surface area contributed by atoms with Gasteiger partial charge in [0.1, 0.15) is 0 Å². The summed E-state index contributed by atoms with van der Waals surface area (Å²) in [4.78, 5) is 11.6. The number of furan rings is 1. The van der Waals surface area contributed by atoms with E-state index in [1.807, 2.05) is 6.07 Å². The lowest BCUT2D eigenvalue weighted by molar-refractivity contribution is -0.115. The smallest absolute Gasteiger partial charge is 0.238 e. The number of carbonyl (C=O) groups is 1. The van der Waals surface area contributed by atoms with Gasteiger partial charge in [-0.15, -0.1) is 0 Å². The molecule has 4 nitrogen and oxygen atoms in total. The fourth-order valence-corrected chi connectivity index (χ4v) is 1.68.